The van der Waals surface area contributed by atoms with Gasteiger partial charge in [0.15, 0.2) is 0 Å². The topological polar surface area (TPSA) is 75.6 Å². The van der Waals surface area contributed by atoms with Crippen LogP contribution in [-0.4, -0.2) is 23.2 Å². The molecule has 146 valence electrons. The Hall–Kier alpha value is -2.89. The summed E-state index contributed by atoms with van der Waals surface area (Å²) in [4.78, 5) is 23.9. The van der Waals surface area contributed by atoms with Gasteiger partial charge in [-0.25, -0.2) is 14.0 Å². The Morgan fingerprint density at radius 3 is 2.36 bits per heavy atom. The average molecular weight is 383 g/mol. The quantitative estimate of drug-likeness (QED) is 0.760. The van der Waals surface area contributed by atoms with Gasteiger partial charge in [0.2, 0.25) is 0 Å². The van der Waals surface area contributed by atoms with Gasteiger partial charge >= 0.3 is 12.1 Å². The van der Waals surface area contributed by atoms with E-state index in [0.717, 1.165) is 5.56 Å². The van der Waals surface area contributed by atoms with Gasteiger partial charge in [-0.1, -0.05) is 48.5 Å². The van der Waals surface area contributed by atoms with Crippen LogP contribution in [0.15, 0.2) is 54.6 Å². The van der Waals surface area contributed by atoms with Crippen LogP contribution in [0, 0.1) is 16.6 Å². The van der Waals surface area contributed by atoms with E-state index in [1.165, 1.54) is 6.07 Å². The Morgan fingerprint density at radius 2 is 1.71 bits per heavy atom. The van der Waals surface area contributed by atoms with Crippen LogP contribution < -0.4 is 5.32 Å². The molecule has 0 spiro atoms. The summed E-state index contributed by atoms with van der Waals surface area (Å²) in [6.45, 7) is 0.0865. The number of carbonyl (C=O) groups excluding carboxylic acids is 1. The minimum absolute atomic E-state index is 0.0501. The van der Waals surface area contributed by atoms with Crippen LogP contribution in [0.2, 0.25) is 0 Å². The van der Waals surface area contributed by atoms with Gasteiger partial charge in [-0.05, 0) is 48.3 Å². The van der Waals surface area contributed by atoms with Gasteiger partial charge < -0.3 is 15.2 Å². The van der Waals surface area contributed by atoms with Crippen molar-refractivity contribution in [1.29, 1.82) is 0 Å². The number of nitrogens with one attached hydrogen (secondary N) is 1. The van der Waals surface area contributed by atoms with Crippen LogP contribution in [0.25, 0.3) is 0 Å². The van der Waals surface area contributed by atoms with Crippen LogP contribution in [0.1, 0.15) is 30.4 Å². The van der Waals surface area contributed by atoms with E-state index < -0.39 is 23.5 Å². The first kappa shape index (κ1) is 18.5. The average Bonchev–Trinajstić information content (AvgIpc) is 2.62. The van der Waals surface area contributed by atoms with Crippen LogP contribution in [0.5, 0.6) is 0 Å². The molecule has 0 heterocycles. The number of alkyl carbamates (subject to hydrolysis) is 1. The number of hydrogen-bond donors (Lipinski definition) is 2. The number of carboxylic acid groups (broad SMARTS) is 1. The molecule has 1 atom stereocenters. The Morgan fingerprint density at radius 1 is 1.07 bits per heavy atom. The second-order valence-electron chi connectivity index (χ2n) is 8.14. The van der Waals surface area contributed by atoms with Crippen molar-refractivity contribution in [2.24, 2.45) is 10.8 Å². The monoisotopic (exact) mass is 383 g/mol. The van der Waals surface area contributed by atoms with Crippen LogP contribution >= 0.6 is 0 Å². The summed E-state index contributed by atoms with van der Waals surface area (Å²) < 4.78 is 19.1. The second-order valence-corrected chi connectivity index (χ2v) is 8.14. The molecule has 0 aliphatic heterocycles. The van der Waals surface area contributed by atoms with Gasteiger partial charge in [-0.15, -0.1) is 0 Å². The van der Waals surface area contributed by atoms with Crippen molar-refractivity contribution < 1.29 is 23.8 Å². The molecule has 0 aromatic heterocycles. The zero-order valence-corrected chi connectivity index (χ0v) is 15.4. The third-order valence-corrected chi connectivity index (χ3v) is 6.04. The lowest BCUT2D eigenvalue weighted by Gasteiger charge is -2.72. The summed E-state index contributed by atoms with van der Waals surface area (Å²) >= 11 is 0. The minimum Gasteiger partial charge on any atom is -0.480 e. The highest BCUT2D eigenvalue weighted by atomic mass is 19.1. The number of halogens is 1. The smallest absolute Gasteiger partial charge is 0.408 e. The lowest BCUT2D eigenvalue weighted by Crippen LogP contribution is -2.72. The van der Waals surface area contributed by atoms with Gasteiger partial charge in [-0.3, -0.25) is 0 Å². The first-order chi connectivity index (χ1) is 13.4. The summed E-state index contributed by atoms with van der Waals surface area (Å²) in [5.41, 5.74) is 0.991. The highest BCUT2D eigenvalue weighted by Gasteiger charge is 2.71. The third-order valence-electron chi connectivity index (χ3n) is 6.04. The van der Waals surface area contributed by atoms with E-state index in [4.69, 9.17) is 4.74 Å². The van der Waals surface area contributed by atoms with E-state index in [2.05, 4.69) is 5.32 Å². The number of amides is 1. The Bertz CT molecular complexity index is 879. The number of ether oxygens (including phenoxy) is 1. The summed E-state index contributed by atoms with van der Waals surface area (Å²) in [7, 11) is 0. The molecule has 3 aliphatic carbocycles. The zero-order valence-electron chi connectivity index (χ0n) is 15.4. The van der Waals surface area contributed by atoms with Crippen molar-refractivity contribution in [2.45, 2.75) is 38.3 Å². The molecule has 1 amide bonds. The molecule has 2 N–H and O–H groups in total. The summed E-state index contributed by atoms with van der Waals surface area (Å²) in [5.74, 6) is -1.28. The second kappa shape index (κ2) is 6.93. The molecule has 5 rings (SSSR count). The molecule has 0 saturated heterocycles. The van der Waals surface area contributed by atoms with Gasteiger partial charge in [0, 0.05) is 5.41 Å². The number of benzene rings is 2. The van der Waals surface area contributed by atoms with Crippen molar-refractivity contribution in [2.75, 3.05) is 0 Å². The van der Waals surface area contributed by atoms with Crippen LogP contribution in [-0.2, 0) is 22.6 Å². The number of carbonyl (C=O) groups is 2. The molecule has 2 aromatic rings. The van der Waals surface area contributed by atoms with E-state index in [1.807, 2.05) is 36.4 Å². The number of aliphatic carboxylic acids is 1. The predicted octanol–water partition coefficient (Wildman–Crippen LogP) is 3.92. The maximum Gasteiger partial charge on any atom is 0.408 e. The number of carboxylic acids is 1. The maximum absolute atomic E-state index is 13.9. The molecule has 3 saturated carbocycles. The largest absolute Gasteiger partial charge is 0.480 e. The summed E-state index contributed by atoms with van der Waals surface area (Å²) in [5, 5.41) is 12.1. The normalized spacial score (nSPS) is 25.8. The zero-order chi connectivity index (χ0) is 19.8. The summed E-state index contributed by atoms with van der Waals surface area (Å²) in [6, 6.07) is 14.9. The van der Waals surface area contributed by atoms with E-state index in [9.17, 15) is 19.1 Å². The highest BCUT2D eigenvalue weighted by molar-refractivity contribution is 5.81. The molecular formula is C22H22FNO4. The van der Waals surface area contributed by atoms with Crippen molar-refractivity contribution in [3.8, 4) is 0 Å². The lowest BCUT2D eigenvalue weighted by atomic mass is 9.32. The maximum atomic E-state index is 13.9. The third kappa shape index (κ3) is 3.35. The van der Waals surface area contributed by atoms with Crippen molar-refractivity contribution in [3.63, 3.8) is 0 Å². The molecule has 1 unspecified atom stereocenters. The molecule has 3 aliphatic rings. The lowest BCUT2D eigenvalue weighted by molar-refractivity contribution is -0.223. The van der Waals surface area contributed by atoms with Gasteiger partial charge in [0.25, 0.3) is 0 Å². The SMILES string of the molecule is O=C(NC(C(=O)O)C12CC(Cc3ccccc3F)(C1)C2)OCc1ccccc1. The van der Waals surface area contributed by atoms with Gasteiger partial charge in [0.1, 0.15) is 18.5 Å². The summed E-state index contributed by atoms with van der Waals surface area (Å²) in [6.07, 6.45) is 1.88. The van der Waals surface area contributed by atoms with Crippen LogP contribution in [0.4, 0.5) is 9.18 Å². The molecule has 0 radical (unpaired) electrons. The fourth-order valence-corrected chi connectivity index (χ4v) is 4.98. The van der Waals surface area contributed by atoms with Crippen molar-refractivity contribution >= 4 is 12.1 Å². The number of hydrogen-bond acceptors (Lipinski definition) is 3. The van der Waals surface area contributed by atoms with E-state index >= 15 is 0 Å². The number of rotatable bonds is 7. The van der Waals surface area contributed by atoms with Gasteiger partial charge in [-0.2, -0.15) is 0 Å². The van der Waals surface area contributed by atoms with E-state index in [1.54, 1.807) is 12.1 Å². The Kier molecular flexibility index (Phi) is 4.57. The molecule has 28 heavy (non-hydrogen) atoms. The van der Waals surface area contributed by atoms with Crippen molar-refractivity contribution in [1.82, 2.24) is 5.32 Å². The minimum atomic E-state index is -1.06. The standard InChI is InChI=1S/C22H22FNO4/c23-17-9-5-4-8-16(17)10-21-12-22(13-21,14-21)18(19(25)26)24-20(27)28-11-15-6-2-1-3-7-15/h1-9,18H,10-14H2,(H,24,27)(H,25,26). The Balaban J connectivity index is 1.33. The predicted molar refractivity (Wildman–Crippen MR) is 100 cm³/mol. The molecule has 5 nitrogen and oxygen atoms in total. The first-order valence-electron chi connectivity index (χ1n) is 9.35. The fourth-order valence-electron chi connectivity index (χ4n) is 4.98. The first-order valence-corrected chi connectivity index (χ1v) is 9.35. The van der Waals surface area contributed by atoms with Gasteiger partial charge in [0.05, 0.1) is 0 Å². The molecule has 3 fully saturated rings. The van der Waals surface area contributed by atoms with E-state index in [0.29, 0.717) is 31.2 Å². The van der Waals surface area contributed by atoms with E-state index in [-0.39, 0.29) is 17.8 Å². The van der Waals surface area contributed by atoms with Crippen LogP contribution in [0.3, 0.4) is 0 Å². The molecule has 2 bridgehead atoms. The molecular weight excluding hydrogens is 361 g/mol. The Labute approximate surface area is 162 Å². The molecule has 2 aromatic carbocycles. The van der Waals surface area contributed by atoms with Crippen molar-refractivity contribution in [3.05, 3.63) is 71.5 Å². The highest BCUT2D eigenvalue weighted by Crippen LogP contribution is 2.75. The molecule has 6 heteroatoms. The fraction of sp³-hybridized carbons (Fsp3) is 0.364.